The number of nitrogen functional groups attached to an aromatic ring is 1. The monoisotopic (exact) mass is 334 g/mol. The second-order valence-electron chi connectivity index (χ2n) is 5.57. The molecule has 124 valence electrons. The van der Waals surface area contributed by atoms with Crippen LogP contribution in [0.15, 0.2) is 49.1 Å². The molecule has 0 spiro atoms. The maximum absolute atomic E-state index is 12.3. The Hall–Kier alpha value is -3.55. The molecule has 0 saturated carbocycles. The number of nitrogens with zero attached hydrogens (tertiary/aromatic N) is 5. The number of amides is 2. The van der Waals surface area contributed by atoms with E-state index >= 15 is 0 Å². The Morgan fingerprint density at radius 3 is 2.36 bits per heavy atom. The van der Waals surface area contributed by atoms with Gasteiger partial charge in [-0.15, -0.1) is 0 Å². The smallest absolute Gasteiger partial charge is 0.261 e. The van der Waals surface area contributed by atoms with Crippen molar-refractivity contribution in [3.8, 4) is 0 Å². The van der Waals surface area contributed by atoms with Crippen LogP contribution >= 0.6 is 0 Å². The third-order valence-electron chi connectivity index (χ3n) is 4.06. The standard InChI is InChI=1S/C17H14N6O2/c18-14-13-15(20-9-19-14)22(10-21-13)7-3-4-8-23-16(24)11-5-1-2-6-12(11)17(23)25/h1-6,9-10H,7-8H2,(H2,18,19,20)/b4-3-. The van der Waals surface area contributed by atoms with Gasteiger partial charge in [0.25, 0.3) is 11.8 Å². The van der Waals surface area contributed by atoms with E-state index in [1.54, 1.807) is 36.7 Å². The Morgan fingerprint density at radius 2 is 1.64 bits per heavy atom. The van der Waals surface area contributed by atoms with Crippen molar-refractivity contribution in [2.75, 3.05) is 12.3 Å². The summed E-state index contributed by atoms with van der Waals surface area (Å²) in [6.45, 7) is 0.715. The molecule has 4 rings (SSSR count). The largest absolute Gasteiger partial charge is 0.382 e. The highest BCUT2D eigenvalue weighted by molar-refractivity contribution is 6.21. The van der Waals surface area contributed by atoms with Crippen LogP contribution in [0.5, 0.6) is 0 Å². The van der Waals surface area contributed by atoms with E-state index < -0.39 is 0 Å². The third kappa shape index (κ3) is 2.44. The Morgan fingerprint density at radius 1 is 0.960 bits per heavy atom. The van der Waals surface area contributed by atoms with Crippen LogP contribution < -0.4 is 5.73 Å². The van der Waals surface area contributed by atoms with E-state index in [1.165, 1.54) is 11.2 Å². The van der Waals surface area contributed by atoms with Gasteiger partial charge in [-0.2, -0.15) is 0 Å². The topological polar surface area (TPSA) is 107 Å². The van der Waals surface area contributed by atoms with Crippen LogP contribution in [-0.4, -0.2) is 42.8 Å². The van der Waals surface area contributed by atoms with Crippen LogP contribution in [0.1, 0.15) is 20.7 Å². The van der Waals surface area contributed by atoms with E-state index in [4.69, 9.17) is 5.73 Å². The average molecular weight is 334 g/mol. The molecule has 8 nitrogen and oxygen atoms in total. The number of hydrogen-bond donors (Lipinski definition) is 1. The van der Waals surface area contributed by atoms with E-state index in [1.807, 2.05) is 10.6 Å². The van der Waals surface area contributed by atoms with Gasteiger partial charge in [-0.05, 0) is 12.1 Å². The van der Waals surface area contributed by atoms with Crippen molar-refractivity contribution in [3.63, 3.8) is 0 Å². The van der Waals surface area contributed by atoms with Crippen molar-refractivity contribution in [2.45, 2.75) is 6.54 Å². The van der Waals surface area contributed by atoms with Gasteiger partial charge in [-0.3, -0.25) is 14.5 Å². The number of allylic oxidation sites excluding steroid dienone is 1. The Kier molecular flexibility index (Phi) is 3.50. The number of imidazole rings is 1. The summed E-state index contributed by atoms with van der Waals surface area (Å²) in [5, 5.41) is 0. The molecule has 2 aromatic heterocycles. The van der Waals surface area contributed by atoms with Gasteiger partial charge in [0.05, 0.1) is 17.5 Å². The molecule has 2 amide bonds. The maximum atomic E-state index is 12.3. The number of fused-ring (bicyclic) bond motifs is 2. The zero-order chi connectivity index (χ0) is 17.4. The van der Waals surface area contributed by atoms with Gasteiger partial charge in [0.1, 0.15) is 11.8 Å². The molecule has 0 saturated heterocycles. The number of carbonyl (C=O) groups excluding carboxylic acids is 2. The summed E-state index contributed by atoms with van der Waals surface area (Å²) >= 11 is 0. The molecule has 0 bridgehead atoms. The van der Waals surface area contributed by atoms with Crippen molar-refractivity contribution in [3.05, 3.63) is 60.2 Å². The highest BCUT2D eigenvalue weighted by atomic mass is 16.2. The highest BCUT2D eigenvalue weighted by Crippen LogP contribution is 2.22. The van der Waals surface area contributed by atoms with E-state index in [-0.39, 0.29) is 18.4 Å². The molecular weight excluding hydrogens is 320 g/mol. The second kappa shape index (κ2) is 5.82. The van der Waals surface area contributed by atoms with Crippen LogP contribution in [0.4, 0.5) is 5.82 Å². The van der Waals surface area contributed by atoms with Gasteiger partial charge in [-0.1, -0.05) is 24.3 Å². The number of benzene rings is 1. The van der Waals surface area contributed by atoms with Crippen LogP contribution in [0.3, 0.4) is 0 Å². The molecular formula is C17H14N6O2. The summed E-state index contributed by atoms with van der Waals surface area (Å²) in [5.41, 5.74) is 7.85. The molecule has 1 aliphatic rings. The predicted molar refractivity (Wildman–Crippen MR) is 90.7 cm³/mol. The lowest BCUT2D eigenvalue weighted by atomic mass is 10.1. The van der Waals surface area contributed by atoms with E-state index in [0.29, 0.717) is 34.7 Å². The first-order chi connectivity index (χ1) is 12.2. The zero-order valence-electron chi connectivity index (χ0n) is 13.2. The van der Waals surface area contributed by atoms with Crippen LogP contribution in [-0.2, 0) is 6.54 Å². The fourth-order valence-electron chi connectivity index (χ4n) is 2.81. The predicted octanol–water partition coefficient (Wildman–Crippen LogP) is 1.26. The van der Waals surface area contributed by atoms with Gasteiger partial charge in [0, 0.05) is 13.1 Å². The minimum atomic E-state index is -0.265. The first-order valence-electron chi connectivity index (χ1n) is 7.68. The highest BCUT2D eigenvalue weighted by Gasteiger charge is 2.33. The summed E-state index contributed by atoms with van der Waals surface area (Å²) < 4.78 is 1.81. The Bertz CT molecular complexity index is 988. The number of hydrogen-bond acceptors (Lipinski definition) is 6. The number of imide groups is 1. The molecule has 1 aliphatic heterocycles. The van der Waals surface area contributed by atoms with Crippen molar-refractivity contribution in [1.82, 2.24) is 24.4 Å². The number of carbonyl (C=O) groups is 2. The lowest BCUT2D eigenvalue weighted by Crippen LogP contribution is -2.29. The molecule has 0 aliphatic carbocycles. The number of rotatable bonds is 4. The SMILES string of the molecule is Nc1ncnc2c1ncn2C/C=C\CN1C(=O)c2ccccc2C1=O. The van der Waals surface area contributed by atoms with Gasteiger partial charge >= 0.3 is 0 Å². The third-order valence-corrected chi connectivity index (χ3v) is 4.06. The van der Waals surface area contributed by atoms with Crippen molar-refractivity contribution < 1.29 is 9.59 Å². The lowest BCUT2D eigenvalue weighted by molar-refractivity contribution is 0.0672. The first kappa shape index (κ1) is 15.0. The molecule has 8 heteroatoms. The number of nitrogens with two attached hydrogens (primary N) is 1. The van der Waals surface area contributed by atoms with Crippen molar-refractivity contribution in [1.29, 1.82) is 0 Å². The molecule has 1 aromatic carbocycles. The van der Waals surface area contributed by atoms with Crippen LogP contribution in [0.2, 0.25) is 0 Å². The lowest BCUT2D eigenvalue weighted by Gasteiger charge is -2.10. The van der Waals surface area contributed by atoms with Gasteiger partial charge in [-0.25, -0.2) is 15.0 Å². The van der Waals surface area contributed by atoms with Gasteiger partial charge in [0.2, 0.25) is 0 Å². The first-order valence-corrected chi connectivity index (χ1v) is 7.68. The summed E-state index contributed by atoms with van der Waals surface area (Å²) in [6, 6.07) is 6.84. The van der Waals surface area contributed by atoms with Crippen molar-refractivity contribution in [2.24, 2.45) is 0 Å². The van der Waals surface area contributed by atoms with Crippen molar-refractivity contribution >= 4 is 28.8 Å². The second-order valence-corrected chi connectivity index (χ2v) is 5.57. The van der Waals surface area contributed by atoms with E-state index in [2.05, 4.69) is 15.0 Å². The molecule has 0 atom stereocenters. The minimum absolute atomic E-state index is 0.218. The molecule has 25 heavy (non-hydrogen) atoms. The number of aromatic nitrogens is 4. The normalized spacial score (nSPS) is 14.0. The summed E-state index contributed by atoms with van der Waals surface area (Å²) in [6.07, 6.45) is 6.64. The molecule has 0 radical (unpaired) electrons. The van der Waals surface area contributed by atoms with E-state index in [0.717, 1.165) is 0 Å². The molecule has 0 fully saturated rings. The summed E-state index contributed by atoms with van der Waals surface area (Å²) in [7, 11) is 0. The maximum Gasteiger partial charge on any atom is 0.261 e. The fraction of sp³-hybridized carbons (Fsp3) is 0.118. The molecule has 0 unspecified atom stereocenters. The minimum Gasteiger partial charge on any atom is -0.382 e. The number of anilines is 1. The Labute approximate surface area is 142 Å². The van der Waals surface area contributed by atoms with Crippen LogP contribution in [0.25, 0.3) is 11.2 Å². The van der Waals surface area contributed by atoms with Gasteiger partial charge < -0.3 is 10.3 Å². The average Bonchev–Trinajstić information content (AvgIpc) is 3.14. The molecule has 3 heterocycles. The Balaban J connectivity index is 1.46. The van der Waals surface area contributed by atoms with Gasteiger partial charge in [0.15, 0.2) is 11.5 Å². The zero-order valence-corrected chi connectivity index (χ0v) is 13.2. The quantitative estimate of drug-likeness (QED) is 0.568. The molecule has 2 N–H and O–H groups in total. The fourth-order valence-corrected chi connectivity index (χ4v) is 2.81. The van der Waals surface area contributed by atoms with E-state index in [9.17, 15) is 9.59 Å². The van der Waals surface area contributed by atoms with Crippen LogP contribution in [0, 0.1) is 0 Å². The summed E-state index contributed by atoms with van der Waals surface area (Å²) in [5.74, 6) is -0.198. The molecule has 3 aromatic rings. The summed E-state index contributed by atoms with van der Waals surface area (Å²) in [4.78, 5) is 38.0.